The minimum atomic E-state index is -0.0219. The van der Waals surface area contributed by atoms with Gasteiger partial charge in [-0.3, -0.25) is 4.79 Å². The van der Waals surface area contributed by atoms with Crippen LogP contribution in [-0.4, -0.2) is 16.0 Å². The molecule has 3 nitrogen and oxygen atoms in total. The molecule has 0 amide bonds. The molecule has 0 atom stereocenters. The molecule has 0 aromatic heterocycles. The second-order valence-corrected chi connectivity index (χ2v) is 5.08. The van der Waals surface area contributed by atoms with Crippen LogP contribution in [0.1, 0.15) is 67.8 Å². The zero-order valence-electron chi connectivity index (χ0n) is 11.9. The lowest BCUT2D eigenvalue weighted by molar-refractivity contribution is 0.0978. The number of carbonyl (C=O) groups is 1. The SMILES string of the molecule is CCCCCCCCC(=O)c1cc(O)c(C)c(O)c1. The molecule has 0 aliphatic carbocycles. The highest BCUT2D eigenvalue weighted by Crippen LogP contribution is 2.28. The summed E-state index contributed by atoms with van der Waals surface area (Å²) in [4.78, 5) is 11.9. The molecule has 0 saturated heterocycles. The molecule has 19 heavy (non-hydrogen) atoms. The molecule has 1 rings (SSSR count). The van der Waals surface area contributed by atoms with Crippen molar-refractivity contribution in [1.82, 2.24) is 0 Å². The number of phenolic OH excluding ortho intramolecular Hbond substituents is 2. The first-order valence-electron chi connectivity index (χ1n) is 7.12. The molecular weight excluding hydrogens is 240 g/mol. The van der Waals surface area contributed by atoms with Crippen LogP contribution in [0.5, 0.6) is 11.5 Å². The van der Waals surface area contributed by atoms with E-state index in [1.165, 1.54) is 37.8 Å². The van der Waals surface area contributed by atoms with Gasteiger partial charge in [-0.1, -0.05) is 39.0 Å². The van der Waals surface area contributed by atoms with Crippen LogP contribution in [0.2, 0.25) is 0 Å². The predicted octanol–water partition coefficient (Wildman–Crippen LogP) is 4.34. The Kier molecular flexibility index (Phi) is 6.40. The van der Waals surface area contributed by atoms with Crippen molar-refractivity contribution in [2.24, 2.45) is 0 Å². The average Bonchev–Trinajstić information content (AvgIpc) is 2.39. The first kappa shape index (κ1) is 15.5. The standard InChI is InChI=1S/C16H24O3/c1-3-4-5-6-7-8-9-14(17)13-10-15(18)12(2)16(19)11-13/h10-11,18-19H,3-9H2,1-2H3. The van der Waals surface area contributed by atoms with Crippen molar-refractivity contribution in [2.75, 3.05) is 0 Å². The summed E-state index contributed by atoms with van der Waals surface area (Å²) in [6, 6.07) is 2.88. The Bertz CT molecular complexity index is 401. The molecule has 0 aliphatic rings. The molecule has 2 N–H and O–H groups in total. The molecule has 1 aromatic rings. The lowest BCUT2D eigenvalue weighted by atomic mass is 10.0. The van der Waals surface area contributed by atoms with Crippen molar-refractivity contribution < 1.29 is 15.0 Å². The van der Waals surface area contributed by atoms with Crippen LogP contribution < -0.4 is 0 Å². The smallest absolute Gasteiger partial charge is 0.163 e. The Morgan fingerprint density at radius 3 is 2.11 bits per heavy atom. The number of hydrogen-bond donors (Lipinski definition) is 2. The summed E-state index contributed by atoms with van der Waals surface area (Å²) in [6.07, 6.45) is 7.30. The fourth-order valence-corrected chi connectivity index (χ4v) is 2.06. The van der Waals surface area contributed by atoms with Crippen molar-refractivity contribution in [1.29, 1.82) is 0 Å². The number of aromatic hydroxyl groups is 2. The van der Waals surface area contributed by atoms with Gasteiger partial charge < -0.3 is 10.2 Å². The van der Waals surface area contributed by atoms with Gasteiger partial charge >= 0.3 is 0 Å². The van der Waals surface area contributed by atoms with E-state index in [9.17, 15) is 15.0 Å². The van der Waals surface area contributed by atoms with Crippen LogP contribution in [-0.2, 0) is 0 Å². The second kappa shape index (κ2) is 7.82. The fourth-order valence-electron chi connectivity index (χ4n) is 2.06. The highest BCUT2D eigenvalue weighted by Gasteiger charge is 2.11. The van der Waals surface area contributed by atoms with Gasteiger partial charge in [0, 0.05) is 17.5 Å². The Morgan fingerprint density at radius 1 is 1.00 bits per heavy atom. The quantitative estimate of drug-likeness (QED) is 0.542. The lowest BCUT2D eigenvalue weighted by Gasteiger charge is -2.06. The van der Waals surface area contributed by atoms with Gasteiger partial charge in [0.2, 0.25) is 0 Å². The number of unbranched alkanes of at least 4 members (excludes halogenated alkanes) is 5. The number of ketones is 1. The van der Waals surface area contributed by atoms with Crippen molar-refractivity contribution in [3.63, 3.8) is 0 Å². The average molecular weight is 264 g/mol. The highest BCUT2D eigenvalue weighted by molar-refractivity contribution is 5.97. The number of rotatable bonds is 8. The maximum Gasteiger partial charge on any atom is 0.163 e. The number of Topliss-reactive ketones (excluding diaryl/α,β-unsaturated/α-hetero) is 1. The fraction of sp³-hybridized carbons (Fsp3) is 0.562. The Morgan fingerprint density at radius 2 is 1.53 bits per heavy atom. The first-order valence-corrected chi connectivity index (χ1v) is 7.12. The van der Waals surface area contributed by atoms with Crippen LogP contribution in [0.25, 0.3) is 0 Å². The van der Waals surface area contributed by atoms with Crippen LogP contribution >= 0.6 is 0 Å². The topological polar surface area (TPSA) is 57.5 Å². The largest absolute Gasteiger partial charge is 0.508 e. The summed E-state index contributed by atoms with van der Waals surface area (Å²) in [6.45, 7) is 3.80. The van der Waals surface area contributed by atoms with E-state index in [1.807, 2.05) is 0 Å². The summed E-state index contributed by atoms with van der Waals surface area (Å²) < 4.78 is 0. The van der Waals surface area contributed by atoms with E-state index >= 15 is 0 Å². The molecule has 3 heteroatoms. The van der Waals surface area contributed by atoms with Gasteiger partial charge in [-0.15, -0.1) is 0 Å². The minimum absolute atomic E-state index is 0.0129. The molecule has 0 heterocycles. The van der Waals surface area contributed by atoms with Gasteiger partial charge in [0.25, 0.3) is 0 Å². The van der Waals surface area contributed by atoms with E-state index in [-0.39, 0.29) is 17.3 Å². The van der Waals surface area contributed by atoms with Gasteiger partial charge in [0.05, 0.1) is 0 Å². The number of phenols is 2. The van der Waals surface area contributed by atoms with Crippen molar-refractivity contribution >= 4 is 5.78 Å². The number of carbonyl (C=O) groups excluding carboxylic acids is 1. The number of hydrogen-bond acceptors (Lipinski definition) is 3. The molecule has 0 unspecified atom stereocenters. The molecular formula is C16H24O3. The van der Waals surface area contributed by atoms with Gasteiger partial charge in [-0.05, 0) is 25.5 Å². The normalized spacial score (nSPS) is 10.6. The van der Waals surface area contributed by atoms with E-state index in [1.54, 1.807) is 6.92 Å². The Balaban J connectivity index is 2.42. The van der Waals surface area contributed by atoms with Gasteiger partial charge in [-0.2, -0.15) is 0 Å². The van der Waals surface area contributed by atoms with Crippen LogP contribution in [0, 0.1) is 6.92 Å². The van der Waals surface area contributed by atoms with Crippen molar-refractivity contribution in [3.05, 3.63) is 23.3 Å². The van der Waals surface area contributed by atoms with Crippen LogP contribution in [0.3, 0.4) is 0 Å². The summed E-state index contributed by atoms with van der Waals surface area (Å²) in [5, 5.41) is 19.2. The third-order valence-corrected chi connectivity index (χ3v) is 3.43. The third-order valence-electron chi connectivity index (χ3n) is 3.43. The molecule has 0 aliphatic heterocycles. The number of benzene rings is 1. The molecule has 0 saturated carbocycles. The van der Waals surface area contributed by atoms with Crippen LogP contribution in [0.15, 0.2) is 12.1 Å². The van der Waals surface area contributed by atoms with E-state index in [4.69, 9.17) is 0 Å². The first-order chi connectivity index (χ1) is 9.06. The zero-order chi connectivity index (χ0) is 14.3. The predicted molar refractivity (Wildman–Crippen MR) is 76.8 cm³/mol. The molecule has 1 aromatic carbocycles. The van der Waals surface area contributed by atoms with Gasteiger partial charge in [-0.25, -0.2) is 0 Å². The maximum atomic E-state index is 11.9. The summed E-state index contributed by atoms with van der Waals surface area (Å²) in [5.41, 5.74) is 0.810. The van der Waals surface area contributed by atoms with Gasteiger partial charge in [0.1, 0.15) is 11.5 Å². The molecule has 0 radical (unpaired) electrons. The van der Waals surface area contributed by atoms with E-state index in [2.05, 4.69) is 6.92 Å². The lowest BCUT2D eigenvalue weighted by Crippen LogP contribution is -1.99. The molecule has 106 valence electrons. The minimum Gasteiger partial charge on any atom is -0.508 e. The maximum absolute atomic E-state index is 11.9. The molecule has 0 bridgehead atoms. The zero-order valence-corrected chi connectivity index (χ0v) is 11.9. The Hall–Kier alpha value is -1.51. The van der Waals surface area contributed by atoms with Crippen molar-refractivity contribution in [2.45, 2.75) is 58.8 Å². The molecule has 0 fully saturated rings. The second-order valence-electron chi connectivity index (χ2n) is 5.08. The van der Waals surface area contributed by atoms with E-state index in [0.29, 0.717) is 17.5 Å². The summed E-state index contributed by atoms with van der Waals surface area (Å²) in [7, 11) is 0. The van der Waals surface area contributed by atoms with E-state index < -0.39 is 0 Å². The monoisotopic (exact) mass is 264 g/mol. The van der Waals surface area contributed by atoms with Gasteiger partial charge in [0.15, 0.2) is 5.78 Å². The highest BCUT2D eigenvalue weighted by atomic mass is 16.3. The Labute approximate surface area is 115 Å². The third kappa shape index (κ3) is 4.93. The van der Waals surface area contributed by atoms with Crippen LogP contribution in [0.4, 0.5) is 0 Å². The summed E-state index contributed by atoms with van der Waals surface area (Å²) in [5.74, 6) is -0.0568. The summed E-state index contributed by atoms with van der Waals surface area (Å²) >= 11 is 0. The van der Waals surface area contributed by atoms with E-state index in [0.717, 1.165) is 12.8 Å². The molecule has 0 spiro atoms. The van der Waals surface area contributed by atoms with Crippen molar-refractivity contribution in [3.8, 4) is 11.5 Å².